The monoisotopic (exact) mass is 420 g/mol. The topological polar surface area (TPSA) is 66.9 Å². The Hall–Kier alpha value is -0.960. The summed E-state index contributed by atoms with van der Waals surface area (Å²) in [4.78, 5) is 14.3. The van der Waals surface area contributed by atoms with Crippen LogP contribution in [0.4, 0.5) is 0 Å². The van der Waals surface area contributed by atoms with Crippen molar-refractivity contribution in [2.75, 3.05) is 40.4 Å². The van der Waals surface area contributed by atoms with E-state index in [1.807, 2.05) is 13.8 Å². The van der Waals surface area contributed by atoms with Gasteiger partial charge in [-0.1, -0.05) is 29.8 Å². The lowest BCUT2D eigenvalue weighted by atomic mass is 10.2. The van der Waals surface area contributed by atoms with Gasteiger partial charge in [-0.15, -0.1) is 0 Å². The molecule has 8 heteroatoms. The molecule has 0 atom stereocenters. The van der Waals surface area contributed by atoms with E-state index in [1.165, 1.54) is 19.2 Å². The third kappa shape index (κ3) is 6.16. The summed E-state index contributed by atoms with van der Waals surface area (Å²) in [7, 11) is -0.712. The molecule has 0 aromatic heterocycles. The zero-order chi connectivity index (χ0) is 18.3. The molecule has 0 bridgehead atoms. The van der Waals surface area contributed by atoms with Gasteiger partial charge in [0.2, 0.25) is 15.9 Å². The predicted octanol–water partition coefficient (Wildman–Crippen LogP) is 2.20. The number of methoxy groups -OCH3 is 1. The zero-order valence-corrected chi connectivity index (χ0v) is 16.9. The molecule has 0 heterocycles. The summed E-state index contributed by atoms with van der Waals surface area (Å²) in [5, 5.41) is 0. The van der Waals surface area contributed by atoms with E-state index < -0.39 is 10.0 Å². The van der Waals surface area contributed by atoms with Crippen molar-refractivity contribution in [1.82, 2.24) is 9.21 Å². The first-order chi connectivity index (χ1) is 11.2. The molecule has 0 aliphatic rings. The maximum atomic E-state index is 12.6. The standard InChI is InChI=1S/C16H25BrN2O4S/c1-13(2)11-19(9-10-23-4)16(20)12-18(3)24(21,22)15-7-5-14(17)6-8-15/h5-8,13H,9-12H2,1-4H3. The van der Waals surface area contributed by atoms with Gasteiger partial charge in [0, 0.05) is 31.7 Å². The van der Waals surface area contributed by atoms with E-state index in [2.05, 4.69) is 15.9 Å². The molecule has 0 radical (unpaired) electrons. The number of hydrogen-bond acceptors (Lipinski definition) is 4. The van der Waals surface area contributed by atoms with Crippen LogP contribution in [0.1, 0.15) is 13.8 Å². The quantitative estimate of drug-likeness (QED) is 0.613. The lowest BCUT2D eigenvalue weighted by Crippen LogP contribution is -2.43. The first-order valence-corrected chi connectivity index (χ1v) is 9.90. The van der Waals surface area contributed by atoms with Gasteiger partial charge in [-0.2, -0.15) is 4.31 Å². The molecule has 0 fully saturated rings. The number of halogens is 1. The van der Waals surface area contributed by atoms with E-state index in [-0.39, 0.29) is 17.3 Å². The normalized spacial score (nSPS) is 12.0. The van der Waals surface area contributed by atoms with Crippen molar-refractivity contribution in [1.29, 1.82) is 0 Å². The van der Waals surface area contributed by atoms with E-state index in [1.54, 1.807) is 24.1 Å². The molecule has 6 nitrogen and oxygen atoms in total. The maximum absolute atomic E-state index is 12.6. The molecular formula is C16H25BrN2O4S. The first-order valence-electron chi connectivity index (χ1n) is 7.67. The summed E-state index contributed by atoms with van der Waals surface area (Å²) in [6.07, 6.45) is 0. The minimum absolute atomic E-state index is 0.160. The molecule has 0 N–H and O–H groups in total. The highest BCUT2D eigenvalue weighted by Crippen LogP contribution is 2.18. The van der Waals surface area contributed by atoms with Gasteiger partial charge in [-0.25, -0.2) is 8.42 Å². The second kappa shape index (κ2) is 9.50. The van der Waals surface area contributed by atoms with Gasteiger partial charge in [0.1, 0.15) is 0 Å². The highest BCUT2D eigenvalue weighted by molar-refractivity contribution is 9.10. The smallest absolute Gasteiger partial charge is 0.243 e. The number of ether oxygens (including phenoxy) is 1. The lowest BCUT2D eigenvalue weighted by molar-refractivity contribution is -0.132. The Morgan fingerprint density at radius 2 is 1.83 bits per heavy atom. The third-order valence-electron chi connectivity index (χ3n) is 3.38. The van der Waals surface area contributed by atoms with Gasteiger partial charge >= 0.3 is 0 Å². The Morgan fingerprint density at radius 3 is 2.33 bits per heavy atom. The summed E-state index contributed by atoms with van der Waals surface area (Å²) in [6.45, 7) is 5.25. The predicted molar refractivity (Wildman–Crippen MR) is 97.3 cm³/mol. The largest absolute Gasteiger partial charge is 0.383 e. The molecule has 0 saturated heterocycles. The van der Waals surface area contributed by atoms with E-state index in [4.69, 9.17) is 4.74 Å². The minimum atomic E-state index is -3.70. The number of likely N-dealkylation sites (N-methyl/N-ethyl adjacent to an activating group) is 1. The van der Waals surface area contributed by atoms with Gasteiger partial charge in [-0.05, 0) is 30.2 Å². The molecule has 0 unspecified atom stereocenters. The van der Waals surface area contributed by atoms with Crippen molar-refractivity contribution >= 4 is 31.9 Å². The number of benzene rings is 1. The highest BCUT2D eigenvalue weighted by atomic mass is 79.9. The molecule has 136 valence electrons. The molecule has 1 rings (SSSR count). The third-order valence-corrected chi connectivity index (χ3v) is 5.73. The van der Waals surface area contributed by atoms with Gasteiger partial charge < -0.3 is 9.64 Å². The van der Waals surface area contributed by atoms with Crippen LogP contribution in [0, 0.1) is 5.92 Å². The van der Waals surface area contributed by atoms with Gasteiger partial charge in [0.25, 0.3) is 0 Å². The molecule has 0 spiro atoms. The average molecular weight is 421 g/mol. The van der Waals surface area contributed by atoms with Gasteiger partial charge in [0.05, 0.1) is 18.0 Å². The number of rotatable bonds is 9. The second-order valence-electron chi connectivity index (χ2n) is 5.94. The van der Waals surface area contributed by atoms with Crippen LogP contribution in [-0.2, 0) is 19.6 Å². The number of nitrogens with zero attached hydrogens (tertiary/aromatic N) is 2. The number of sulfonamides is 1. The summed E-state index contributed by atoms with van der Waals surface area (Å²) in [6, 6.07) is 6.34. The van der Waals surface area contributed by atoms with Crippen LogP contribution in [-0.4, -0.2) is 63.9 Å². The zero-order valence-electron chi connectivity index (χ0n) is 14.5. The SMILES string of the molecule is COCCN(CC(C)C)C(=O)CN(C)S(=O)(=O)c1ccc(Br)cc1. The fourth-order valence-corrected chi connectivity index (χ4v) is 3.51. The molecule has 0 saturated carbocycles. The van der Waals surface area contributed by atoms with Crippen LogP contribution >= 0.6 is 15.9 Å². The van der Waals surface area contributed by atoms with Crippen molar-refractivity contribution in [2.24, 2.45) is 5.92 Å². The van der Waals surface area contributed by atoms with E-state index in [9.17, 15) is 13.2 Å². The van der Waals surface area contributed by atoms with Crippen molar-refractivity contribution in [3.05, 3.63) is 28.7 Å². The summed E-state index contributed by atoms with van der Waals surface area (Å²) >= 11 is 3.27. The van der Waals surface area contributed by atoms with Crippen LogP contribution in [0.25, 0.3) is 0 Å². The van der Waals surface area contributed by atoms with Crippen molar-refractivity contribution in [3.8, 4) is 0 Å². The molecule has 1 amide bonds. The van der Waals surface area contributed by atoms with Crippen molar-refractivity contribution in [3.63, 3.8) is 0 Å². The average Bonchev–Trinajstić information content (AvgIpc) is 2.51. The van der Waals surface area contributed by atoms with Crippen LogP contribution < -0.4 is 0 Å². The first kappa shape index (κ1) is 21.1. The minimum Gasteiger partial charge on any atom is -0.383 e. The molecule has 1 aromatic carbocycles. The van der Waals surface area contributed by atoms with Gasteiger partial charge in [0.15, 0.2) is 0 Å². The fourth-order valence-electron chi connectivity index (χ4n) is 2.12. The van der Waals surface area contributed by atoms with Crippen LogP contribution in [0.3, 0.4) is 0 Å². The van der Waals surface area contributed by atoms with Crippen LogP contribution in [0.15, 0.2) is 33.6 Å². The summed E-state index contributed by atoms with van der Waals surface area (Å²) < 4.78 is 32.0. The molecule has 0 aliphatic heterocycles. The van der Waals surface area contributed by atoms with Crippen molar-refractivity contribution in [2.45, 2.75) is 18.7 Å². The van der Waals surface area contributed by atoms with Crippen LogP contribution in [0.2, 0.25) is 0 Å². The Morgan fingerprint density at radius 1 is 1.25 bits per heavy atom. The fraction of sp³-hybridized carbons (Fsp3) is 0.562. The maximum Gasteiger partial charge on any atom is 0.243 e. The Bertz CT molecular complexity index is 632. The Kier molecular flexibility index (Phi) is 8.35. The van der Waals surface area contributed by atoms with Gasteiger partial charge in [-0.3, -0.25) is 4.79 Å². The second-order valence-corrected chi connectivity index (χ2v) is 8.90. The lowest BCUT2D eigenvalue weighted by Gasteiger charge is -2.26. The number of carbonyl (C=O) groups is 1. The van der Waals surface area contributed by atoms with E-state index >= 15 is 0 Å². The molecule has 0 aliphatic carbocycles. The highest BCUT2D eigenvalue weighted by Gasteiger charge is 2.25. The number of amides is 1. The number of carbonyl (C=O) groups excluding carboxylic acids is 1. The van der Waals surface area contributed by atoms with Crippen molar-refractivity contribution < 1.29 is 17.9 Å². The Balaban J connectivity index is 2.84. The summed E-state index contributed by atoms with van der Waals surface area (Å²) in [5.41, 5.74) is 0. The molecular weight excluding hydrogens is 396 g/mol. The van der Waals surface area contributed by atoms with Crippen LogP contribution in [0.5, 0.6) is 0 Å². The summed E-state index contributed by atoms with van der Waals surface area (Å²) in [5.74, 6) is 0.0585. The van der Waals surface area contributed by atoms with E-state index in [0.29, 0.717) is 25.6 Å². The van der Waals surface area contributed by atoms with E-state index in [0.717, 1.165) is 8.78 Å². The molecule has 1 aromatic rings. The number of hydrogen-bond donors (Lipinski definition) is 0. The molecule has 24 heavy (non-hydrogen) atoms. The Labute approximate surface area is 153 Å².